The van der Waals surface area contributed by atoms with Crippen LogP contribution in [-0.2, 0) is 14.8 Å². The summed E-state index contributed by atoms with van der Waals surface area (Å²) in [5.74, 6) is 0.788. The van der Waals surface area contributed by atoms with Crippen LogP contribution in [0.25, 0.3) is 0 Å². The van der Waals surface area contributed by atoms with E-state index in [0.29, 0.717) is 17.7 Å². The van der Waals surface area contributed by atoms with Crippen molar-refractivity contribution in [3.05, 3.63) is 30.3 Å². The minimum atomic E-state index is -3.61. The summed E-state index contributed by atoms with van der Waals surface area (Å²) >= 11 is 1.49. The normalized spacial score (nSPS) is 23.2. The van der Waals surface area contributed by atoms with Crippen LogP contribution in [0.5, 0.6) is 0 Å². The van der Waals surface area contributed by atoms with Crippen molar-refractivity contribution in [3.8, 4) is 0 Å². The highest BCUT2D eigenvalue weighted by molar-refractivity contribution is 8.00. The van der Waals surface area contributed by atoms with E-state index < -0.39 is 16.1 Å². The third kappa shape index (κ3) is 2.82. The second-order valence-electron chi connectivity index (χ2n) is 5.40. The Balaban J connectivity index is 1.85. The number of rotatable bonds is 4. The summed E-state index contributed by atoms with van der Waals surface area (Å²) in [6.07, 6.45) is 2.04. The Labute approximate surface area is 129 Å². The third-order valence-electron chi connectivity index (χ3n) is 3.92. The van der Waals surface area contributed by atoms with Gasteiger partial charge >= 0.3 is 0 Å². The molecule has 21 heavy (non-hydrogen) atoms. The lowest BCUT2D eigenvalue weighted by Gasteiger charge is -2.26. The Morgan fingerprint density at radius 2 is 1.95 bits per heavy atom. The number of benzene rings is 1. The van der Waals surface area contributed by atoms with Crippen molar-refractivity contribution in [2.75, 3.05) is 18.7 Å². The lowest BCUT2D eigenvalue weighted by molar-refractivity contribution is -0.133. The maximum absolute atomic E-state index is 12.7. The first-order chi connectivity index (χ1) is 10.0. The number of sulfonamides is 1. The van der Waals surface area contributed by atoms with Gasteiger partial charge in [0, 0.05) is 18.8 Å². The molecule has 2 fully saturated rings. The fraction of sp³-hybridized carbons (Fsp3) is 0.500. The van der Waals surface area contributed by atoms with E-state index in [1.54, 1.807) is 42.3 Å². The van der Waals surface area contributed by atoms with Gasteiger partial charge in [-0.25, -0.2) is 8.42 Å². The highest BCUT2D eigenvalue weighted by Crippen LogP contribution is 2.32. The first-order valence-electron chi connectivity index (χ1n) is 6.93. The van der Waals surface area contributed by atoms with E-state index >= 15 is 0 Å². The van der Waals surface area contributed by atoms with Gasteiger partial charge in [-0.2, -0.15) is 4.31 Å². The molecule has 5 nitrogen and oxygen atoms in total. The van der Waals surface area contributed by atoms with Crippen LogP contribution in [0, 0.1) is 0 Å². The van der Waals surface area contributed by atoms with Crippen LogP contribution in [0.2, 0.25) is 0 Å². The highest BCUT2D eigenvalue weighted by Gasteiger charge is 2.43. The fourth-order valence-electron chi connectivity index (χ4n) is 2.46. The maximum Gasteiger partial charge on any atom is 0.244 e. The summed E-state index contributed by atoms with van der Waals surface area (Å²) < 4.78 is 26.7. The molecule has 7 heteroatoms. The van der Waals surface area contributed by atoms with Crippen molar-refractivity contribution in [2.24, 2.45) is 0 Å². The third-order valence-corrected chi connectivity index (χ3v) is 6.96. The molecule has 1 aromatic carbocycles. The Morgan fingerprint density at radius 1 is 1.29 bits per heavy atom. The number of amides is 1. The van der Waals surface area contributed by atoms with Gasteiger partial charge in [-0.1, -0.05) is 18.2 Å². The minimum Gasteiger partial charge on any atom is -0.341 e. The number of hydrogen-bond acceptors (Lipinski definition) is 4. The summed E-state index contributed by atoms with van der Waals surface area (Å²) in [6.45, 7) is 0. The lowest BCUT2D eigenvalue weighted by Crippen LogP contribution is -2.48. The number of carbonyl (C=O) groups excluding carboxylic acids is 1. The van der Waals surface area contributed by atoms with Crippen LogP contribution in [0.1, 0.15) is 12.8 Å². The van der Waals surface area contributed by atoms with Gasteiger partial charge in [0.05, 0.1) is 10.8 Å². The van der Waals surface area contributed by atoms with Gasteiger partial charge in [-0.3, -0.25) is 4.79 Å². The van der Waals surface area contributed by atoms with Crippen LogP contribution in [-0.4, -0.2) is 54.3 Å². The predicted octanol–water partition coefficient (Wildman–Crippen LogP) is 1.37. The number of thioether (sulfide) groups is 1. The molecule has 0 unspecified atom stereocenters. The number of carbonyl (C=O) groups is 1. The molecule has 0 bridgehead atoms. The smallest absolute Gasteiger partial charge is 0.244 e. The van der Waals surface area contributed by atoms with E-state index in [1.807, 2.05) is 0 Å². The Kier molecular flexibility index (Phi) is 3.98. The molecule has 1 saturated heterocycles. The predicted molar refractivity (Wildman–Crippen MR) is 82.4 cm³/mol. The quantitative estimate of drug-likeness (QED) is 0.838. The summed E-state index contributed by atoms with van der Waals surface area (Å²) in [6, 6.07) is 8.04. The van der Waals surface area contributed by atoms with Crippen LogP contribution in [0.3, 0.4) is 0 Å². The average Bonchev–Trinajstić information content (AvgIpc) is 3.22. The zero-order valence-electron chi connectivity index (χ0n) is 11.8. The van der Waals surface area contributed by atoms with Gasteiger partial charge in [0.1, 0.15) is 6.04 Å². The number of nitrogens with zero attached hydrogens (tertiary/aromatic N) is 2. The van der Waals surface area contributed by atoms with E-state index in [1.165, 1.54) is 16.1 Å². The molecule has 3 rings (SSSR count). The number of hydrogen-bond donors (Lipinski definition) is 0. The lowest BCUT2D eigenvalue weighted by atomic mass is 10.3. The molecule has 0 aromatic heterocycles. The van der Waals surface area contributed by atoms with Gasteiger partial charge in [-0.15, -0.1) is 11.8 Å². The second-order valence-corrected chi connectivity index (χ2v) is 8.29. The summed E-state index contributed by atoms with van der Waals surface area (Å²) in [5, 5.41) is 0. The standard InChI is InChI=1S/C14H18N2O3S2/c1-15(11-7-8-11)14(17)13-9-20-10-16(13)21(18,19)12-5-3-2-4-6-12/h2-6,11,13H,7-10H2,1H3/t13-/m1/s1. The summed E-state index contributed by atoms with van der Waals surface area (Å²) in [7, 11) is -1.83. The Bertz CT molecular complexity index is 629. The molecule has 1 saturated carbocycles. The van der Waals surface area contributed by atoms with Crippen molar-refractivity contribution in [1.82, 2.24) is 9.21 Å². The van der Waals surface area contributed by atoms with E-state index in [2.05, 4.69) is 0 Å². The molecule has 1 aliphatic carbocycles. The molecule has 1 atom stereocenters. The first kappa shape index (κ1) is 14.9. The van der Waals surface area contributed by atoms with Gasteiger partial charge in [-0.05, 0) is 25.0 Å². The molecular formula is C14H18N2O3S2. The number of likely N-dealkylation sites (N-methyl/N-ethyl adjacent to an activating group) is 1. The van der Waals surface area contributed by atoms with Gasteiger partial charge in [0.2, 0.25) is 15.9 Å². The second kappa shape index (κ2) is 5.62. The van der Waals surface area contributed by atoms with Gasteiger partial charge in [0.15, 0.2) is 0 Å². The average molecular weight is 326 g/mol. The molecule has 1 aromatic rings. The van der Waals surface area contributed by atoms with Crippen molar-refractivity contribution in [2.45, 2.75) is 29.8 Å². The van der Waals surface area contributed by atoms with Crippen molar-refractivity contribution in [1.29, 1.82) is 0 Å². The van der Waals surface area contributed by atoms with Crippen LogP contribution >= 0.6 is 11.8 Å². The Hall–Kier alpha value is -1.05. The van der Waals surface area contributed by atoms with Crippen LogP contribution in [0.15, 0.2) is 35.2 Å². The largest absolute Gasteiger partial charge is 0.341 e. The fourth-order valence-corrected chi connectivity index (χ4v) is 5.62. The molecule has 1 heterocycles. The van der Waals surface area contributed by atoms with Crippen LogP contribution < -0.4 is 0 Å². The zero-order valence-corrected chi connectivity index (χ0v) is 13.4. The van der Waals surface area contributed by atoms with E-state index in [0.717, 1.165) is 12.8 Å². The highest BCUT2D eigenvalue weighted by atomic mass is 32.2. The van der Waals surface area contributed by atoms with E-state index in [9.17, 15) is 13.2 Å². The minimum absolute atomic E-state index is 0.0815. The zero-order chi connectivity index (χ0) is 15.0. The van der Waals surface area contributed by atoms with E-state index in [4.69, 9.17) is 0 Å². The van der Waals surface area contributed by atoms with Gasteiger partial charge < -0.3 is 4.90 Å². The van der Waals surface area contributed by atoms with Crippen molar-refractivity contribution in [3.63, 3.8) is 0 Å². The topological polar surface area (TPSA) is 57.7 Å². The SMILES string of the molecule is CN(C(=O)[C@H]1CSCN1S(=O)(=O)c1ccccc1)C1CC1. The molecule has 2 aliphatic rings. The Morgan fingerprint density at radius 3 is 2.57 bits per heavy atom. The molecule has 0 spiro atoms. The van der Waals surface area contributed by atoms with Crippen molar-refractivity contribution >= 4 is 27.7 Å². The molecule has 1 aliphatic heterocycles. The summed E-state index contributed by atoms with van der Waals surface area (Å²) in [4.78, 5) is 14.5. The molecule has 0 N–H and O–H groups in total. The molecule has 114 valence electrons. The first-order valence-corrected chi connectivity index (χ1v) is 9.52. The van der Waals surface area contributed by atoms with E-state index in [-0.39, 0.29) is 10.8 Å². The summed E-state index contributed by atoms with van der Waals surface area (Å²) in [5.41, 5.74) is 0. The molecule has 0 radical (unpaired) electrons. The van der Waals surface area contributed by atoms with Gasteiger partial charge in [0.25, 0.3) is 0 Å². The van der Waals surface area contributed by atoms with Crippen LogP contribution in [0.4, 0.5) is 0 Å². The maximum atomic E-state index is 12.7. The molecule has 1 amide bonds. The van der Waals surface area contributed by atoms with Crippen molar-refractivity contribution < 1.29 is 13.2 Å². The monoisotopic (exact) mass is 326 g/mol. The molecular weight excluding hydrogens is 308 g/mol.